The molecule has 0 fully saturated rings. The Morgan fingerprint density at radius 1 is 1.56 bits per heavy atom. The van der Waals surface area contributed by atoms with Gasteiger partial charge in [0.1, 0.15) is 5.75 Å². The largest absolute Gasteiger partial charge is 0.496 e. The van der Waals surface area contributed by atoms with Crippen molar-refractivity contribution in [2.45, 2.75) is 13.5 Å². The topological polar surface area (TPSA) is 39.1 Å². The molecular weight excluding hydrogens is 222 g/mol. The van der Waals surface area contributed by atoms with Gasteiger partial charge in [0.2, 0.25) is 0 Å². The molecule has 0 amide bonds. The maximum atomic E-state index is 5.26. The van der Waals surface area contributed by atoms with Gasteiger partial charge in [-0.25, -0.2) is 0 Å². The van der Waals surface area contributed by atoms with E-state index >= 15 is 0 Å². The lowest BCUT2D eigenvalue weighted by atomic mass is 10.3. The predicted octanol–water partition coefficient (Wildman–Crippen LogP) is 2.41. The first kappa shape index (κ1) is 11.0. The monoisotopic (exact) mass is 237 g/mol. The maximum absolute atomic E-state index is 5.26. The predicted molar refractivity (Wildman–Crippen MR) is 66.1 cm³/mol. The quantitative estimate of drug-likeness (QED) is 0.887. The molecule has 0 aromatic carbocycles. The molecule has 0 saturated heterocycles. The average molecular weight is 237 g/mol. The summed E-state index contributed by atoms with van der Waals surface area (Å²) in [5, 5.41) is 9.58. The number of methoxy groups -OCH3 is 1. The number of hydrogen-bond acceptors (Lipinski definition) is 4. The van der Waals surface area contributed by atoms with Crippen molar-refractivity contribution < 1.29 is 4.74 Å². The fourth-order valence-electron chi connectivity index (χ4n) is 1.49. The number of nitrogens with zero attached hydrogens (tertiary/aromatic N) is 2. The molecule has 0 aliphatic rings. The summed E-state index contributed by atoms with van der Waals surface area (Å²) in [5.74, 6) is 0.944. The van der Waals surface area contributed by atoms with E-state index in [1.807, 2.05) is 36.3 Å². The number of ether oxygens (including phenoxy) is 1. The van der Waals surface area contributed by atoms with E-state index in [1.165, 1.54) is 4.88 Å². The minimum absolute atomic E-state index is 0.771. The first-order valence-corrected chi connectivity index (χ1v) is 5.93. The molecule has 86 valence electrons. The summed E-state index contributed by atoms with van der Waals surface area (Å²) in [6, 6.07) is 1.98. The highest BCUT2D eigenvalue weighted by Crippen LogP contribution is 2.25. The van der Waals surface area contributed by atoms with Gasteiger partial charge in [-0.15, -0.1) is 11.3 Å². The molecular formula is C11H15N3OS. The van der Waals surface area contributed by atoms with Crippen LogP contribution in [0.2, 0.25) is 0 Å². The normalized spacial score (nSPS) is 10.4. The Kier molecular flexibility index (Phi) is 3.14. The van der Waals surface area contributed by atoms with Gasteiger partial charge in [-0.3, -0.25) is 4.68 Å². The third-order valence-electron chi connectivity index (χ3n) is 2.60. The molecule has 4 nitrogen and oxygen atoms in total. The van der Waals surface area contributed by atoms with Crippen LogP contribution in [0, 0.1) is 6.92 Å². The second kappa shape index (κ2) is 4.57. The lowest BCUT2D eigenvalue weighted by molar-refractivity contribution is 0.413. The number of hydrogen-bond donors (Lipinski definition) is 1. The smallest absolute Gasteiger partial charge is 0.134 e. The summed E-state index contributed by atoms with van der Waals surface area (Å²) in [6.07, 6.45) is 1.84. The van der Waals surface area contributed by atoms with Crippen molar-refractivity contribution >= 4 is 17.0 Å². The summed E-state index contributed by atoms with van der Waals surface area (Å²) in [5.41, 5.74) is 2.20. The summed E-state index contributed by atoms with van der Waals surface area (Å²) in [7, 11) is 3.63. The number of nitrogens with one attached hydrogen (secondary N) is 1. The zero-order chi connectivity index (χ0) is 11.5. The van der Waals surface area contributed by atoms with Crippen molar-refractivity contribution in [3.8, 4) is 5.75 Å². The molecule has 0 unspecified atom stereocenters. The lowest BCUT2D eigenvalue weighted by Gasteiger charge is -2.05. The number of thiophene rings is 1. The number of aryl methyl sites for hydroxylation is 1. The highest BCUT2D eigenvalue weighted by molar-refractivity contribution is 7.10. The molecule has 2 aromatic rings. The van der Waals surface area contributed by atoms with Gasteiger partial charge in [0.15, 0.2) is 0 Å². The average Bonchev–Trinajstić information content (AvgIpc) is 2.86. The highest BCUT2D eigenvalue weighted by Gasteiger charge is 2.06. The number of rotatable bonds is 4. The van der Waals surface area contributed by atoms with Crippen molar-refractivity contribution in [1.29, 1.82) is 0 Å². The van der Waals surface area contributed by atoms with E-state index in [0.29, 0.717) is 0 Å². The molecule has 2 rings (SSSR count). The number of aromatic nitrogens is 2. The summed E-state index contributed by atoms with van der Waals surface area (Å²) >= 11 is 1.69. The first-order chi connectivity index (χ1) is 7.72. The molecule has 0 aliphatic heterocycles. The molecule has 1 N–H and O–H groups in total. The van der Waals surface area contributed by atoms with Crippen LogP contribution < -0.4 is 10.1 Å². The second-order valence-electron chi connectivity index (χ2n) is 3.53. The van der Waals surface area contributed by atoms with Gasteiger partial charge in [-0.05, 0) is 18.4 Å². The van der Waals surface area contributed by atoms with E-state index in [1.54, 1.807) is 18.4 Å². The van der Waals surface area contributed by atoms with Crippen LogP contribution in [-0.4, -0.2) is 16.9 Å². The fraction of sp³-hybridized carbons (Fsp3) is 0.364. The standard InChI is InChI=1S/C11H15N3OS/c1-8-9(6-13-14(8)2)12-7-11-10(15-3)4-5-16-11/h4-6,12H,7H2,1-3H3. The second-order valence-corrected chi connectivity index (χ2v) is 4.53. The molecule has 0 spiro atoms. The van der Waals surface area contributed by atoms with E-state index < -0.39 is 0 Å². The lowest BCUT2D eigenvalue weighted by Crippen LogP contribution is -2.00. The first-order valence-electron chi connectivity index (χ1n) is 5.05. The van der Waals surface area contributed by atoms with Gasteiger partial charge in [0.25, 0.3) is 0 Å². The van der Waals surface area contributed by atoms with Crippen molar-refractivity contribution in [3.63, 3.8) is 0 Å². The molecule has 0 saturated carbocycles. The van der Waals surface area contributed by atoms with Gasteiger partial charge >= 0.3 is 0 Å². The van der Waals surface area contributed by atoms with Crippen molar-refractivity contribution in [1.82, 2.24) is 9.78 Å². The Balaban J connectivity index is 2.05. The summed E-state index contributed by atoms with van der Waals surface area (Å²) < 4.78 is 7.11. The molecule has 0 atom stereocenters. The van der Waals surface area contributed by atoms with E-state index in [-0.39, 0.29) is 0 Å². The molecule has 2 aromatic heterocycles. The Labute approximate surface area is 98.9 Å². The number of anilines is 1. The van der Waals surface area contributed by atoms with Gasteiger partial charge < -0.3 is 10.1 Å². The molecule has 2 heterocycles. The molecule has 5 heteroatoms. The van der Waals surface area contributed by atoms with Crippen LogP contribution in [0.25, 0.3) is 0 Å². The Hall–Kier alpha value is -1.49. The third kappa shape index (κ3) is 2.04. The molecule has 0 radical (unpaired) electrons. The van der Waals surface area contributed by atoms with E-state index in [9.17, 15) is 0 Å². The molecule has 16 heavy (non-hydrogen) atoms. The zero-order valence-corrected chi connectivity index (χ0v) is 10.5. The van der Waals surface area contributed by atoms with Crippen molar-refractivity contribution in [2.24, 2.45) is 7.05 Å². The Morgan fingerprint density at radius 2 is 2.38 bits per heavy atom. The van der Waals surface area contributed by atoms with Crippen LogP contribution in [0.15, 0.2) is 17.6 Å². The van der Waals surface area contributed by atoms with Gasteiger partial charge in [0.05, 0.1) is 36.1 Å². The van der Waals surface area contributed by atoms with Gasteiger partial charge in [-0.1, -0.05) is 0 Å². The molecule has 0 aliphatic carbocycles. The maximum Gasteiger partial charge on any atom is 0.134 e. The van der Waals surface area contributed by atoms with Crippen LogP contribution in [0.3, 0.4) is 0 Å². The Bertz CT molecular complexity index is 475. The fourth-order valence-corrected chi connectivity index (χ4v) is 2.27. The van der Waals surface area contributed by atoms with E-state index in [2.05, 4.69) is 10.4 Å². The SMILES string of the molecule is COc1ccsc1CNc1cnn(C)c1C. The van der Waals surface area contributed by atoms with Crippen molar-refractivity contribution in [2.75, 3.05) is 12.4 Å². The van der Waals surface area contributed by atoms with Crippen LogP contribution in [-0.2, 0) is 13.6 Å². The van der Waals surface area contributed by atoms with Crippen LogP contribution in [0.5, 0.6) is 5.75 Å². The highest BCUT2D eigenvalue weighted by atomic mass is 32.1. The van der Waals surface area contributed by atoms with Gasteiger partial charge in [-0.2, -0.15) is 5.10 Å². The van der Waals surface area contributed by atoms with Crippen LogP contribution in [0.1, 0.15) is 10.6 Å². The molecule has 0 bridgehead atoms. The minimum atomic E-state index is 0.771. The Morgan fingerprint density at radius 3 is 3.00 bits per heavy atom. The third-order valence-corrected chi connectivity index (χ3v) is 3.50. The van der Waals surface area contributed by atoms with Crippen LogP contribution >= 0.6 is 11.3 Å². The van der Waals surface area contributed by atoms with E-state index in [4.69, 9.17) is 4.74 Å². The zero-order valence-electron chi connectivity index (χ0n) is 9.65. The van der Waals surface area contributed by atoms with E-state index in [0.717, 1.165) is 23.7 Å². The van der Waals surface area contributed by atoms with Gasteiger partial charge in [0, 0.05) is 7.05 Å². The minimum Gasteiger partial charge on any atom is -0.496 e. The van der Waals surface area contributed by atoms with Crippen molar-refractivity contribution in [3.05, 3.63) is 28.2 Å². The summed E-state index contributed by atoms with van der Waals surface area (Å²) in [6.45, 7) is 2.81. The summed E-state index contributed by atoms with van der Waals surface area (Å²) in [4.78, 5) is 1.20. The van der Waals surface area contributed by atoms with Crippen LogP contribution in [0.4, 0.5) is 5.69 Å².